The van der Waals surface area contributed by atoms with Crippen LogP contribution in [-0.4, -0.2) is 41.2 Å². The third-order valence-corrected chi connectivity index (χ3v) is 6.65. The van der Waals surface area contributed by atoms with Gasteiger partial charge in [-0.05, 0) is 73.5 Å². The van der Waals surface area contributed by atoms with E-state index in [4.69, 9.17) is 0 Å². The number of carbonyl (C=O) groups excluding carboxylic acids is 2. The van der Waals surface area contributed by atoms with Crippen LogP contribution in [0.15, 0.2) is 48.7 Å². The Morgan fingerprint density at radius 2 is 1.76 bits per heavy atom. The van der Waals surface area contributed by atoms with Gasteiger partial charge in [0, 0.05) is 41.3 Å². The van der Waals surface area contributed by atoms with Crippen molar-refractivity contribution in [2.75, 3.05) is 25.0 Å². The molecule has 2 N–H and O–H groups in total. The lowest BCUT2D eigenvalue weighted by atomic mass is 9.87. The molecule has 2 aromatic carbocycles. The molecule has 5 heteroatoms. The van der Waals surface area contributed by atoms with Crippen LogP contribution in [0.25, 0.3) is 10.9 Å². The zero-order valence-electron chi connectivity index (χ0n) is 20.9. The molecule has 0 spiro atoms. The molecular weight excluding hydrogens is 422 g/mol. The van der Waals surface area contributed by atoms with Gasteiger partial charge >= 0.3 is 0 Å². The topological polar surface area (TPSA) is 65.2 Å². The summed E-state index contributed by atoms with van der Waals surface area (Å²) >= 11 is 0. The molecule has 3 aromatic rings. The zero-order chi connectivity index (χ0) is 24.3. The molecule has 1 aromatic heterocycles. The van der Waals surface area contributed by atoms with Gasteiger partial charge < -0.3 is 15.2 Å². The van der Waals surface area contributed by atoms with Crippen molar-refractivity contribution in [3.05, 3.63) is 65.4 Å². The highest BCUT2D eigenvalue weighted by Gasteiger charge is 2.25. The van der Waals surface area contributed by atoms with Crippen LogP contribution in [0, 0.1) is 5.41 Å². The van der Waals surface area contributed by atoms with E-state index < -0.39 is 0 Å². The van der Waals surface area contributed by atoms with Crippen molar-refractivity contribution in [2.24, 2.45) is 5.41 Å². The number of piperidine rings is 1. The van der Waals surface area contributed by atoms with Crippen molar-refractivity contribution in [3.63, 3.8) is 0 Å². The number of benzene rings is 2. The molecule has 0 radical (unpaired) electrons. The molecule has 0 aliphatic carbocycles. The summed E-state index contributed by atoms with van der Waals surface area (Å²) in [6.07, 6.45) is 5.63. The van der Waals surface area contributed by atoms with Crippen LogP contribution >= 0.6 is 0 Å². The molecule has 2 heterocycles. The molecule has 0 unspecified atom stereocenters. The van der Waals surface area contributed by atoms with E-state index in [0.717, 1.165) is 50.1 Å². The first-order valence-electron chi connectivity index (χ1n) is 12.5. The standard InChI is InChI=1S/C29H37N3O2/c1-5-8-27(33)22-9-6-7-10-23(22)28(34)31-21-11-12-26-24(17-21)25(18-30-26)20-13-15-32(16-14-20)19-29(2,3)4/h6-7,9-12,17-18,20,30H,5,8,13-16,19H2,1-4H3,(H,31,34). The second kappa shape index (κ2) is 10.1. The minimum atomic E-state index is -0.244. The first-order valence-corrected chi connectivity index (χ1v) is 12.5. The molecule has 1 aliphatic rings. The summed E-state index contributed by atoms with van der Waals surface area (Å²) in [5, 5.41) is 4.20. The fourth-order valence-electron chi connectivity index (χ4n) is 5.12. The van der Waals surface area contributed by atoms with Gasteiger partial charge in [-0.15, -0.1) is 0 Å². The highest BCUT2D eigenvalue weighted by Crippen LogP contribution is 2.35. The number of aromatic nitrogens is 1. The Bertz CT molecular complexity index is 1160. The summed E-state index contributed by atoms with van der Waals surface area (Å²) in [5.41, 5.74) is 4.42. The number of aromatic amines is 1. The van der Waals surface area contributed by atoms with Crippen LogP contribution in [0.1, 0.15) is 85.6 Å². The summed E-state index contributed by atoms with van der Waals surface area (Å²) in [7, 11) is 0. The average Bonchev–Trinajstić information content (AvgIpc) is 3.22. The highest BCUT2D eigenvalue weighted by molar-refractivity contribution is 6.13. The maximum Gasteiger partial charge on any atom is 0.256 e. The number of rotatable bonds is 7. The van der Waals surface area contributed by atoms with Crippen molar-refractivity contribution in [3.8, 4) is 0 Å². The molecule has 4 rings (SSSR count). The van der Waals surface area contributed by atoms with E-state index in [1.807, 2.05) is 25.1 Å². The summed E-state index contributed by atoms with van der Waals surface area (Å²) in [6.45, 7) is 12.2. The van der Waals surface area contributed by atoms with Gasteiger partial charge in [-0.25, -0.2) is 0 Å². The third-order valence-electron chi connectivity index (χ3n) is 6.65. The summed E-state index contributed by atoms with van der Waals surface area (Å²) in [4.78, 5) is 31.6. The maximum absolute atomic E-state index is 13.1. The predicted molar refractivity (Wildman–Crippen MR) is 140 cm³/mol. The zero-order valence-corrected chi connectivity index (χ0v) is 20.9. The van der Waals surface area contributed by atoms with E-state index in [1.54, 1.807) is 18.2 Å². The number of likely N-dealkylation sites (tertiary alicyclic amines) is 1. The van der Waals surface area contributed by atoms with Crippen LogP contribution in [0.4, 0.5) is 5.69 Å². The van der Waals surface area contributed by atoms with E-state index in [2.05, 4.69) is 48.2 Å². The van der Waals surface area contributed by atoms with Gasteiger partial charge in [-0.2, -0.15) is 0 Å². The van der Waals surface area contributed by atoms with Crippen molar-refractivity contribution in [1.29, 1.82) is 0 Å². The van der Waals surface area contributed by atoms with E-state index in [9.17, 15) is 9.59 Å². The maximum atomic E-state index is 13.1. The number of fused-ring (bicyclic) bond motifs is 1. The van der Waals surface area contributed by atoms with Gasteiger partial charge in [-0.3, -0.25) is 9.59 Å². The summed E-state index contributed by atoms with van der Waals surface area (Å²) < 4.78 is 0. The number of ketones is 1. The van der Waals surface area contributed by atoms with Crippen molar-refractivity contribution < 1.29 is 9.59 Å². The molecule has 1 fully saturated rings. The molecule has 0 bridgehead atoms. The Morgan fingerprint density at radius 3 is 2.44 bits per heavy atom. The highest BCUT2D eigenvalue weighted by atomic mass is 16.2. The molecule has 1 aliphatic heterocycles. The molecule has 0 saturated carbocycles. The molecule has 1 saturated heterocycles. The first kappa shape index (κ1) is 24.2. The fourth-order valence-corrected chi connectivity index (χ4v) is 5.12. The van der Waals surface area contributed by atoms with Crippen LogP contribution in [0.5, 0.6) is 0 Å². The van der Waals surface area contributed by atoms with Gasteiger partial charge in [0.05, 0.1) is 5.56 Å². The molecule has 34 heavy (non-hydrogen) atoms. The Hall–Kier alpha value is -2.92. The molecular formula is C29H37N3O2. The molecule has 1 amide bonds. The van der Waals surface area contributed by atoms with Gasteiger partial charge in [-0.1, -0.05) is 45.9 Å². The first-order chi connectivity index (χ1) is 16.2. The molecule has 5 nitrogen and oxygen atoms in total. The normalized spacial score (nSPS) is 15.5. The third kappa shape index (κ3) is 5.58. The van der Waals surface area contributed by atoms with E-state index >= 15 is 0 Å². The largest absolute Gasteiger partial charge is 0.361 e. The Balaban J connectivity index is 1.51. The van der Waals surface area contributed by atoms with Crippen molar-refractivity contribution in [1.82, 2.24) is 9.88 Å². The number of anilines is 1. The number of amides is 1. The number of nitrogens with zero attached hydrogens (tertiary/aromatic N) is 1. The van der Waals surface area contributed by atoms with Crippen LogP contribution in [0.3, 0.4) is 0 Å². The number of carbonyl (C=O) groups is 2. The lowest BCUT2D eigenvalue weighted by Crippen LogP contribution is -2.38. The number of nitrogens with one attached hydrogen (secondary N) is 2. The van der Waals surface area contributed by atoms with Crippen LogP contribution in [0.2, 0.25) is 0 Å². The quantitative estimate of drug-likeness (QED) is 0.390. The SMILES string of the molecule is CCCC(=O)c1ccccc1C(=O)Nc1ccc2[nH]cc(C3CCN(CC(C)(C)C)CC3)c2c1. The van der Waals surface area contributed by atoms with Gasteiger partial charge in [0.15, 0.2) is 5.78 Å². The minimum Gasteiger partial charge on any atom is -0.361 e. The second-order valence-electron chi connectivity index (χ2n) is 10.8. The Kier molecular flexibility index (Phi) is 7.22. The number of Topliss-reactive ketones (excluding diaryl/α,β-unsaturated/α-hetero) is 1. The smallest absolute Gasteiger partial charge is 0.256 e. The van der Waals surface area contributed by atoms with Crippen molar-refractivity contribution in [2.45, 2.75) is 59.3 Å². The average molecular weight is 460 g/mol. The number of H-pyrrole nitrogens is 1. The second-order valence-corrected chi connectivity index (χ2v) is 10.8. The van der Waals surface area contributed by atoms with Crippen LogP contribution < -0.4 is 5.32 Å². The fraction of sp³-hybridized carbons (Fsp3) is 0.448. The lowest BCUT2D eigenvalue weighted by Gasteiger charge is -2.36. The van der Waals surface area contributed by atoms with Gasteiger partial charge in [0.2, 0.25) is 0 Å². The van der Waals surface area contributed by atoms with E-state index in [0.29, 0.717) is 28.9 Å². The minimum absolute atomic E-state index is 0.00873. The molecule has 180 valence electrons. The summed E-state index contributed by atoms with van der Waals surface area (Å²) in [6, 6.07) is 13.1. The number of hydrogen-bond acceptors (Lipinski definition) is 3. The Labute approximate surface area is 202 Å². The van der Waals surface area contributed by atoms with Gasteiger partial charge in [0.1, 0.15) is 0 Å². The number of hydrogen-bond donors (Lipinski definition) is 2. The molecule has 0 atom stereocenters. The van der Waals surface area contributed by atoms with Crippen LogP contribution in [-0.2, 0) is 0 Å². The van der Waals surface area contributed by atoms with Crippen molar-refractivity contribution >= 4 is 28.3 Å². The van der Waals surface area contributed by atoms with E-state index in [1.165, 1.54) is 10.9 Å². The van der Waals surface area contributed by atoms with Gasteiger partial charge in [0.25, 0.3) is 5.91 Å². The van der Waals surface area contributed by atoms with E-state index in [-0.39, 0.29) is 11.7 Å². The summed E-state index contributed by atoms with van der Waals surface area (Å²) in [5.74, 6) is 0.282. The monoisotopic (exact) mass is 459 g/mol. The lowest BCUT2D eigenvalue weighted by molar-refractivity contribution is 0.0963. The predicted octanol–water partition coefficient (Wildman–Crippen LogP) is 6.63. The Morgan fingerprint density at radius 1 is 1.06 bits per heavy atom.